The number of alkyl halides is 3. The number of nitrogens with zero attached hydrogens (tertiary/aromatic N) is 4. The zero-order chi connectivity index (χ0) is 25.1. The molecule has 4 aromatic rings. The van der Waals surface area contributed by atoms with Gasteiger partial charge >= 0.3 is 6.18 Å². The summed E-state index contributed by atoms with van der Waals surface area (Å²) in [6.45, 7) is 1.14. The van der Waals surface area contributed by atoms with Gasteiger partial charge in [-0.3, -0.25) is 0 Å². The summed E-state index contributed by atoms with van der Waals surface area (Å²) >= 11 is 6.10. The van der Waals surface area contributed by atoms with Crippen LogP contribution < -0.4 is 9.64 Å². The molecule has 0 N–H and O–H groups in total. The van der Waals surface area contributed by atoms with Crippen molar-refractivity contribution < 1.29 is 17.9 Å². The molecule has 0 spiro atoms. The second-order valence-electron chi connectivity index (χ2n) is 8.49. The van der Waals surface area contributed by atoms with Gasteiger partial charge in [0.15, 0.2) is 0 Å². The molecule has 1 aromatic heterocycles. The van der Waals surface area contributed by atoms with E-state index in [2.05, 4.69) is 10.2 Å². The molecule has 5 rings (SSSR count). The molecule has 9 heteroatoms. The fourth-order valence-corrected chi connectivity index (χ4v) is 4.32. The highest BCUT2D eigenvalue weighted by Crippen LogP contribution is 2.36. The first kappa shape index (κ1) is 24.1. The molecule has 0 aliphatic carbocycles. The lowest BCUT2D eigenvalue weighted by Gasteiger charge is -2.32. The zero-order valence-electron chi connectivity index (χ0n) is 19.1. The van der Waals surface area contributed by atoms with Crippen LogP contribution in [0, 0.1) is 0 Å². The lowest BCUT2D eigenvalue weighted by Crippen LogP contribution is -2.39. The van der Waals surface area contributed by atoms with Gasteiger partial charge in [-0.2, -0.15) is 13.2 Å². The molecule has 0 atom stereocenters. The molecule has 1 fully saturated rings. The second kappa shape index (κ2) is 10.1. The molecule has 0 unspecified atom stereocenters. The number of rotatable bonds is 5. The van der Waals surface area contributed by atoms with Crippen LogP contribution in [0.15, 0.2) is 78.9 Å². The monoisotopic (exact) mass is 510 g/mol. The summed E-state index contributed by atoms with van der Waals surface area (Å²) in [5.41, 5.74) is 2.51. The summed E-state index contributed by atoms with van der Waals surface area (Å²) in [5, 5.41) is 9.08. The molecule has 0 bridgehead atoms. The summed E-state index contributed by atoms with van der Waals surface area (Å²) in [7, 11) is 0. The Hall–Kier alpha value is -3.65. The Morgan fingerprint density at radius 3 is 2.03 bits per heavy atom. The van der Waals surface area contributed by atoms with Crippen molar-refractivity contribution in [2.45, 2.75) is 25.1 Å². The predicted molar refractivity (Wildman–Crippen MR) is 133 cm³/mol. The van der Waals surface area contributed by atoms with Crippen molar-refractivity contribution in [3.8, 4) is 28.3 Å². The molecule has 3 aromatic carbocycles. The Kier molecular flexibility index (Phi) is 6.78. The van der Waals surface area contributed by atoms with Crippen LogP contribution in [-0.2, 0) is 6.18 Å². The smallest absolute Gasteiger partial charge is 0.416 e. The van der Waals surface area contributed by atoms with Crippen LogP contribution >= 0.6 is 11.6 Å². The molecule has 0 radical (unpaired) electrons. The molecule has 0 amide bonds. The second-order valence-corrected chi connectivity index (χ2v) is 8.90. The van der Waals surface area contributed by atoms with Gasteiger partial charge in [-0.15, -0.1) is 10.2 Å². The molecule has 5 nitrogen and oxygen atoms in total. The SMILES string of the molecule is FC(F)(F)c1ccc(Cl)c(OC2CCN(c3nnc(-c4ccccc4)c(-c4ccccc4)n3)CC2)c1. The van der Waals surface area contributed by atoms with Crippen molar-refractivity contribution in [1.29, 1.82) is 0 Å². The fourth-order valence-electron chi connectivity index (χ4n) is 4.16. The quantitative estimate of drug-likeness (QED) is 0.291. The van der Waals surface area contributed by atoms with E-state index in [4.69, 9.17) is 21.3 Å². The highest BCUT2D eigenvalue weighted by atomic mass is 35.5. The van der Waals surface area contributed by atoms with Gasteiger partial charge in [0, 0.05) is 37.1 Å². The summed E-state index contributed by atoms with van der Waals surface area (Å²) in [4.78, 5) is 6.89. The highest BCUT2D eigenvalue weighted by Gasteiger charge is 2.32. The third-order valence-corrected chi connectivity index (χ3v) is 6.36. The van der Waals surface area contributed by atoms with Crippen LogP contribution in [-0.4, -0.2) is 34.4 Å². The molecule has 36 heavy (non-hydrogen) atoms. The topological polar surface area (TPSA) is 51.1 Å². The number of hydrogen-bond acceptors (Lipinski definition) is 5. The maximum Gasteiger partial charge on any atom is 0.416 e. The molecule has 2 heterocycles. The molecule has 184 valence electrons. The molecular formula is C27H22ClF3N4O. The zero-order valence-corrected chi connectivity index (χ0v) is 19.9. The van der Waals surface area contributed by atoms with E-state index in [0.717, 1.165) is 29.0 Å². The first-order valence-electron chi connectivity index (χ1n) is 11.5. The van der Waals surface area contributed by atoms with E-state index in [-0.39, 0.29) is 16.9 Å². The van der Waals surface area contributed by atoms with Gasteiger partial charge in [0.25, 0.3) is 0 Å². The van der Waals surface area contributed by atoms with Crippen molar-refractivity contribution in [3.63, 3.8) is 0 Å². The van der Waals surface area contributed by atoms with Gasteiger partial charge in [-0.1, -0.05) is 72.3 Å². The molecular weight excluding hydrogens is 489 g/mol. The summed E-state index contributed by atoms with van der Waals surface area (Å²) in [5.74, 6) is 0.547. The number of ether oxygens (including phenoxy) is 1. The summed E-state index contributed by atoms with van der Waals surface area (Å²) < 4.78 is 45.1. The van der Waals surface area contributed by atoms with Crippen molar-refractivity contribution in [1.82, 2.24) is 15.2 Å². The van der Waals surface area contributed by atoms with Gasteiger partial charge in [0.2, 0.25) is 5.95 Å². The van der Waals surface area contributed by atoms with Gasteiger partial charge in [-0.25, -0.2) is 4.98 Å². The maximum atomic E-state index is 13.1. The number of piperidine rings is 1. The van der Waals surface area contributed by atoms with Crippen LogP contribution in [0.5, 0.6) is 5.75 Å². The molecule has 1 aliphatic heterocycles. The van der Waals surface area contributed by atoms with Gasteiger partial charge < -0.3 is 9.64 Å². The summed E-state index contributed by atoms with van der Waals surface area (Å²) in [6.07, 6.45) is -3.57. The number of anilines is 1. The number of halogens is 4. The van der Waals surface area contributed by atoms with Gasteiger partial charge in [0.1, 0.15) is 23.2 Å². The number of aromatic nitrogens is 3. The van der Waals surface area contributed by atoms with E-state index in [1.54, 1.807) is 0 Å². The number of benzene rings is 3. The van der Waals surface area contributed by atoms with Crippen LogP contribution in [0.2, 0.25) is 5.02 Å². The standard InChI is InChI=1S/C27H22ClF3N4O/c28-22-12-11-20(27(29,30)31)17-23(22)36-21-13-15-35(16-14-21)26-32-24(18-7-3-1-4-8-18)25(33-34-26)19-9-5-2-6-10-19/h1-12,17,21H,13-16H2. The minimum Gasteiger partial charge on any atom is -0.489 e. The Morgan fingerprint density at radius 2 is 1.42 bits per heavy atom. The van der Waals surface area contributed by atoms with E-state index >= 15 is 0 Å². The van der Waals surface area contributed by atoms with E-state index in [1.165, 1.54) is 6.07 Å². The first-order chi connectivity index (χ1) is 17.4. The predicted octanol–water partition coefficient (Wildman–Crippen LogP) is 6.93. The lowest BCUT2D eigenvalue weighted by atomic mass is 10.0. The normalized spacial score (nSPS) is 14.6. The molecule has 1 saturated heterocycles. The third-order valence-electron chi connectivity index (χ3n) is 6.05. The minimum absolute atomic E-state index is 0.0430. The van der Waals surface area contributed by atoms with Crippen molar-refractivity contribution >= 4 is 17.5 Å². The van der Waals surface area contributed by atoms with Crippen LogP contribution in [0.4, 0.5) is 19.1 Å². The van der Waals surface area contributed by atoms with E-state index in [9.17, 15) is 13.2 Å². The first-order valence-corrected chi connectivity index (χ1v) is 11.9. The minimum atomic E-state index is -4.46. The third kappa shape index (κ3) is 5.28. The Balaban J connectivity index is 1.34. The van der Waals surface area contributed by atoms with Crippen molar-refractivity contribution in [2.75, 3.05) is 18.0 Å². The molecule has 0 saturated carbocycles. The highest BCUT2D eigenvalue weighted by molar-refractivity contribution is 6.32. The van der Waals surface area contributed by atoms with E-state index < -0.39 is 11.7 Å². The largest absolute Gasteiger partial charge is 0.489 e. The van der Waals surface area contributed by atoms with E-state index in [0.29, 0.717) is 37.6 Å². The Morgan fingerprint density at radius 1 is 0.806 bits per heavy atom. The van der Waals surface area contributed by atoms with Crippen LogP contribution in [0.3, 0.4) is 0 Å². The average molecular weight is 511 g/mol. The van der Waals surface area contributed by atoms with Crippen molar-refractivity contribution in [3.05, 3.63) is 89.4 Å². The average Bonchev–Trinajstić information content (AvgIpc) is 2.90. The lowest BCUT2D eigenvalue weighted by molar-refractivity contribution is -0.137. The Labute approximate surface area is 211 Å². The molecule has 1 aliphatic rings. The number of hydrogen-bond donors (Lipinski definition) is 0. The fraction of sp³-hybridized carbons (Fsp3) is 0.222. The van der Waals surface area contributed by atoms with Crippen LogP contribution in [0.25, 0.3) is 22.5 Å². The van der Waals surface area contributed by atoms with Crippen molar-refractivity contribution in [2.24, 2.45) is 0 Å². The van der Waals surface area contributed by atoms with Gasteiger partial charge in [0.05, 0.1) is 10.6 Å². The van der Waals surface area contributed by atoms with Crippen LogP contribution in [0.1, 0.15) is 18.4 Å². The maximum absolute atomic E-state index is 13.1. The van der Waals surface area contributed by atoms with E-state index in [1.807, 2.05) is 65.6 Å². The van der Waals surface area contributed by atoms with Gasteiger partial charge in [-0.05, 0) is 18.2 Å². The summed E-state index contributed by atoms with van der Waals surface area (Å²) in [6, 6.07) is 22.7. The Bertz CT molecular complexity index is 1330.